The Balaban J connectivity index is 2.21. The molecule has 3 rings (SSSR count). The minimum absolute atomic E-state index is 0.155. The lowest BCUT2D eigenvalue weighted by Gasteiger charge is -2.32. The van der Waals surface area contributed by atoms with Gasteiger partial charge in [-0.05, 0) is 74.0 Å². The average molecular weight is 446 g/mol. The molecule has 0 aliphatic heterocycles. The molecule has 3 aromatic rings. The minimum atomic E-state index is -3.90. The standard InChI is InChI=1S/C23H24ClNO4S/c1-16-6-5-7-19(14-16)25(30(26,27)21-11-8-18(24)9-12-21)17(2)22-15-20(28-3)10-13-23(22)29-4/h5-15,17H,1-4H3/t17-/m1/s1. The first-order chi connectivity index (χ1) is 14.3. The van der Waals surface area contributed by atoms with E-state index in [0.717, 1.165) is 5.56 Å². The molecule has 0 fully saturated rings. The van der Waals surface area contributed by atoms with Crippen molar-refractivity contribution in [1.82, 2.24) is 0 Å². The molecule has 0 bridgehead atoms. The Kier molecular flexibility index (Phi) is 6.58. The molecule has 0 spiro atoms. The SMILES string of the molecule is COc1ccc(OC)c([C@@H](C)N(c2cccc(C)c2)S(=O)(=O)c2ccc(Cl)cc2)c1. The van der Waals surface area contributed by atoms with Gasteiger partial charge in [0.25, 0.3) is 10.0 Å². The number of aryl methyl sites for hydroxylation is 1. The molecule has 0 unspecified atom stereocenters. The molecule has 0 aliphatic carbocycles. The second-order valence-corrected chi connectivity index (χ2v) is 9.13. The van der Waals surface area contributed by atoms with Crippen LogP contribution in [0.3, 0.4) is 0 Å². The van der Waals surface area contributed by atoms with Gasteiger partial charge in [-0.2, -0.15) is 0 Å². The quantitative estimate of drug-likeness (QED) is 0.473. The van der Waals surface area contributed by atoms with Crippen molar-refractivity contribution in [3.63, 3.8) is 0 Å². The van der Waals surface area contributed by atoms with Crippen molar-refractivity contribution in [3.8, 4) is 11.5 Å². The first-order valence-electron chi connectivity index (χ1n) is 9.36. The fraction of sp³-hybridized carbons (Fsp3) is 0.217. The van der Waals surface area contributed by atoms with E-state index >= 15 is 0 Å². The number of methoxy groups -OCH3 is 2. The van der Waals surface area contributed by atoms with Crippen molar-refractivity contribution >= 4 is 27.3 Å². The lowest BCUT2D eigenvalue weighted by molar-refractivity contribution is 0.396. The third-order valence-corrected chi connectivity index (χ3v) is 7.03. The Morgan fingerprint density at radius 2 is 1.63 bits per heavy atom. The molecule has 0 heterocycles. The van der Waals surface area contributed by atoms with Gasteiger partial charge in [0.15, 0.2) is 0 Å². The number of nitrogens with zero attached hydrogens (tertiary/aromatic N) is 1. The Morgan fingerprint density at radius 3 is 2.23 bits per heavy atom. The van der Waals surface area contributed by atoms with Gasteiger partial charge in [0.1, 0.15) is 11.5 Å². The molecule has 7 heteroatoms. The third kappa shape index (κ3) is 4.40. The summed E-state index contributed by atoms with van der Waals surface area (Å²) >= 11 is 5.97. The fourth-order valence-corrected chi connectivity index (χ4v) is 5.10. The van der Waals surface area contributed by atoms with Crippen LogP contribution in [0.4, 0.5) is 5.69 Å². The Morgan fingerprint density at radius 1 is 0.933 bits per heavy atom. The molecule has 0 amide bonds. The van der Waals surface area contributed by atoms with E-state index in [9.17, 15) is 8.42 Å². The molecular formula is C23H24ClNO4S. The van der Waals surface area contributed by atoms with E-state index in [1.54, 1.807) is 50.6 Å². The van der Waals surface area contributed by atoms with Crippen LogP contribution in [0.2, 0.25) is 5.02 Å². The van der Waals surface area contributed by atoms with Crippen LogP contribution in [0.1, 0.15) is 24.1 Å². The van der Waals surface area contributed by atoms with Crippen LogP contribution in [0.5, 0.6) is 11.5 Å². The molecule has 5 nitrogen and oxygen atoms in total. The van der Waals surface area contributed by atoms with Gasteiger partial charge in [-0.3, -0.25) is 4.31 Å². The highest BCUT2D eigenvalue weighted by atomic mass is 35.5. The zero-order valence-corrected chi connectivity index (χ0v) is 18.9. The van der Waals surface area contributed by atoms with Gasteiger partial charge < -0.3 is 9.47 Å². The number of hydrogen-bond donors (Lipinski definition) is 0. The average Bonchev–Trinajstić information content (AvgIpc) is 2.73. The van der Waals surface area contributed by atoms with Crippen LogP contribution in [-0.4, -0.2) is 22.6 Å². The Hall–Kier alpha value is -2.70. The van der Waals surface area contributed by atoms with Crippen LogP contribution in [0.25, 0.3) is 0 Å². The van der Waals surface area contributed by atoms with E-state index < -0.39 is 16.1 Å². The monoisotopic (exact) mass is 445 g/mol. The summed E-state index contributed by atoms with van der Waals surface area (Å²) < 4.78 is 39.7. The number of anilines is 1. The van der Waals surface area contributed by atoms with Crippen molar-refractivity contribution in [2.45, 2.75) is 24.8 Å². The van der Waals surface area contributed by atoms with Crippen LogP contribution in [-0.2, 0) is 10.0 Å². The van der Waals surface area contributed by atoms with Gasteiger partial charge in [0.05, 0.1) is 30.8 Å². The summed E-state index contributed by atoms with van der Waals surface area (Å²) in [4.78, 5) is 0.155. The molecule has 3 aromatic carbocycles. The predicted octanol–water partition coefficient (Wildman–Crippen LogP) is 5.62. The van der Waals surface area contributed by atoms with E-state index in [-0.39, 0.29) is 4.90 Å². The second-order valence-electron chi connectivity index (χ2n) is 6.88. The summed E-state index contributed by atoms with van der Waals surface area (Å²) in [6.07, 6.45) is 0. The molecule has 0 saturated heterocycles. The molecule has 0 saturated carbocycles. The van der Waals surface area contributed by atoms with Crippen molar-refractivity contribution in [3.05, 3.63) is 82.9 Å². The molecule has 0 N–H and O–H groups in total. The van der Waals surface area contributed by atoms with Gasteiger partial charge in [-0.15, -0.1) is 0 Å². The van der Waals surface area contributed by atoms with Gasteiger partial charge in [-0.25, -0.2) is 8.42 Å². The first kappa shape index (κ1) is 22.0. The first-order valence-corrected chi connectivity index (χ1v) is 11.2. The number of sulfonamides is 1. The smallest absolute Gasteiger partial charge is 0.264 e. The summed E-state index contributed by atoms with van der Waals surface area (Å²) in [5.74, 6) is 1.19. The topological polar surface area (TPSA) is 55.8 Å². The normalized spacial score (nSPS) is 12.3. The fourth-order valence-electron chi connectivity index (χ4n) is 3.35. The van der Waals surface area contributed by atoms with Crippen LogP contribution < -0.4 is 13.8 Å². The molecule has 158 valence electrons. The Bertz CT molecular complexity index is 1130. The van der Waals surface area contributed by atoms with E-state index in [2.05, 4.69) is 0 Å². The summed E-state index contributed by atoms with van der Waals surface area (Å²) in [7, 11) is -0.775. The molecule has 1 atom stereocenters. The van der Waals surface area contributed by atoms with Crippen molar-refractivity contribution in [2.24, 2.45) is 0 Å². The lowest BCUT2D eigenvalue weighted by Crippen LogP contribution is -2.34. The van der Waals surface area contributed by atoms with Crippen LogP contribution in [0.15, 0.2) is 71.6 Å². The number of ether oxygens (including phenoxy) is 2. The molecule has 30 heavy (non-hydrogen) atoms. The van der Waals surface area contributed by atoms with Gasteiger partial charge in [0.2, 0.25) is 0 Å². The zero-order chi connectivity index (χ0) is 21.9. The van der Waals surface area contributed by atoms with Crippen molar-refractivity contribution in [1.29, 1.82) is 0 Å². The highest BCUT2D eigenvalue weighted by Gasteiger charge is 2.32. The largest absolute Gasteiger partial charge is 0.497 e. The van der Waals surface area contributed by atoms with Crippen LogP contribution >= 0.6 is 11.6 Å². The predicted molar refractivity (Wildman–Crippen MR) is 120 cm³/mol. The molecule has 0 radical (unpaired) electrons. The maximum atomic E-state index is 13.7. The highest BCUT2D eigenvalue weighted by Crippen LogP contribution is 2.38. The van der Waals surface area contributed by atoms with E-state index in [1.807, 2.05) is 32.0 Å². The number of rotatable bonds is 7. The minimum Gasteiger partial charge on any atom is -0.497 e. The number of halogens is 1. The van der Waals surface area contributed by atoms with Crippen molar-refractivity contribution in [2.75, 3.05) is 18.5 Å². The van der Waals surface area contributed by atoms with Gasteiger partial charge in [0, 0.05) is 10.6 Å². The van der Waals surface area contributed by atoms with E-state index in [1.165, 1.54) is 16.4 Å². The van der Waals surface area contributed by atoms with Gasteiger partial charge in [-0.1, -0.05) is 23.7 Å². The number of hydrogen-bond acceptors (Lipinski definition) is 4. The van der Waals surface area contributed by atoms with E-state index in [0.29, 0.717) is 27.8 Å². The summed E-state index contributed by atoms with van der Waals surface area (Å²) in [6.45, 7) is 3.75. The summed E-state index contributed by atoms with van der Waals surface area (Å²) in [5, 5.41) is 0.471. The molecule has 0 aromatic heterocycles. The van der Waals surface area contributed by atoms with Gasteiger partial charge >= 0.3 is 0 Å². The maximum Gasteiger partial charge on any atom is 0.264 e. The zero-order valence-electron chi connectivity index (χ0n) is 17.3. The van der Waals surface area contributed by atoms with Crippen LogP contribution in [0, 0.1) is 6.92 Å². The highest BCUT2D eigenvalue weighted by molar-refractivity contribution is 7.92. The molecular weight excluding hydrogens is 422 g/mol. The second kappa shape index (κ2) is 8.98. The van der Waals surface area contributed by atoms with E-state index in [4.69, 9.17) is 21.1 Å². The van der Waals surface area contributed by atoms with Crippen molar-refractivity contribution < 1.29 is 17.9 Å². The lowest BCUT2D eigenvalue weighted by atomic mass is 10.1. The maximum absolute atomic E-state index is 13.7. The summed E-state index contributed by atoms with van der Waals surface area (Å²) in [5.41, 5.74) is 2.20. The third-order valence-electron chi connectivity index (χ3n) is 4.87. The summed E-state index contributed by atoms with van der Waals surface area (Å²) in [6, 6.07) is 18.3. The Labute approximate surface area is 182 Å². The molecule has 0 aliphatic rings. The number of benzene rings is 3.